The van der Waals surface area contributed by atoms with Crippen molar-refractivity contribution in [1.29, 1.82) is 0 Å². The van der Waals surface area contributed by atoms with Gasteiger partial charge >= 0.3 is 0 Å². The maximum atomic E-state index is 10.9. The van der Waals surface area contributed by atoms with E-state index < -0.39 is 10.5 Å². The Morgan fingerprint density at radius 3 is 2.53 bits per heavy atom. The van der Waals surface area contributed by atoms with E-state index in [4.69, 9.17) is 0 Å². The smallest absolute Gasteiger partial charge is 0.276 e. The molecule has 106 valence electrons. The van der Waals surface area contributed by atoms with Gasteiger partial charge in [-0.25, -0.2) is 4.98 Å². The molecular formula is C12H20N4O3. The molecule has 1 rings (SSSR count). The van der Waals surface area contributed by atoms with Gasteiger partial charge in [-0.05, 0) is 20.3 Å². The van der Waals surface area contributed by atoms with Crippen molar-refractivity contribution in [2.24, 2.45) is 0 Å². The molecule has 1 atom stereocenters. The lowest BCUT2D eigenvalue weighted by Crippen LogP contribution is -2.38. The number of nitrogens with zero attached hydrogens (tertiary/aromatic N) is 2. The van der Waals surface area contributed by atoms with Gasteiger partial charge in [0.1, 0.15) is 11.6 Å². The van der Waals surface area contributed by atoms with Crippen molar-refractivity contribution >= 4 is 17.3 Å². The van der Waals surface area contributed by atoms with Gasteiger partial charge in [0.2, 0.25) is 0 Å². The van der Waals surface area contributed by atoms with Crippen molar-refractivity contribution < 1.29 is 10.0 Å². The Labute approximate surface area is 112 Å². The summed E-state index contributed by atoms with van der Waals surface area (Å²) < 4.78 is 0. The van der Waals surface area contributed by atoms with E-state index in [1.807, 2.05) is 20.8 Å². The number of pyridine rings is 1. The molecule has 0 aliphatic carbocycles. The lowest BCUT2D eigenvalue weighted by atomic mass is 10.0. The van der Waals surface area contributed by atoms with Crippen LogP contribution >= 0.6 is 0 Å². The molecule has 0 aliphatic rings. The third-order valence-electron chi connectivity index (χ3n) is 2.94. The first-order valence-electron chi connectivity index (χ1n) is 6.23. The van der Waals surface area contributed by atoms with Gasteiger partial charge in [0.25, 0.3) is 5.69 Å². The van der Waals surface area contributed by atoms with Crippen molar-refractivity contribution in [2.75, 3.05) is 23.8 Å². The van der Waals surface area contributed by atoms with Gasteiger partial charge < -0.3 is 15.7 Å². The first-order valence-corrected chi connectivity index (χ1v) is 6.23. The first kappa shape index (κ1) is 15.2. The Morgan fingerprint density at radius 1 is 1.42 bits per heavy atom. The van der Waals surface area contributed by atoms with E-state index in [0.29, 0.717) is 24.6 Å². The fourth-order valence-corrected chi connectivity index (χ4v) is 1.51. The third-order valence-corrected chi connectivity index (χ3v) is 2.94. The summed E-state index contributed by atoms with van der Waals surface area (Å²) in [5, 5.41) is 26.2. The number of nitro groups is 1. The highest BCUT2D eigenvalue weighted by molar-refractivity contribution is 5.55. The summed E-state index contributed by atoms with van der Waals surface area (Å²) in [6.07, 6.45) is 0.671. The van der Waals surface area contributed by atoms with Crippen LogP contribution in [0.3, 0.4) is 0 Å². The molecule has 0 amide bonds. The highest BCUT2D eigenvalue weighted by Crippen LogP contribution is 2.24. The molecule has 1 aromatic rings. The zero-order chi connectivity index (χ0) is 14.5. The number of rotatable bonds is 7. The number of aliphatic hydroxyl groups is 1. The average Bonchev–Trinajstić information content (AvgIpc) is 2.38. The Hall–Kier alpha value is -1.89. The van der Waals surface area contributed by atoms with Crippen LogP contribution < -0.4 is 10.6 Å². The summed E-state index contributed by atoms with van der Waals surface area (Å²) in [6.45, 7) is 6.19. The molecule has 0 bridgehead atoms. The summed E-state index contributed by atoms with van der Waals surface area (Å²) in [6, 6.07) is 2.75. The van der Waals surface area contributed by atoms with Gasteiger partial charge in [-0.15, -0.1) is 0 Å². The zero-order valence-electron chi connectivity index (χ0n) is 11.4. The quantitative estimate of drug-likeness (QED) is 0.516. The summed E-state index contributed by atoms with van der Waals surface area (Å²) in [5.41, 5.74) is -0.587. The van der Waals surface area contributed by atoms with Gasteiger partial charge in [-0.1, -0.05) is 6.92 Å². The molecule has 0 fully saturated rings. The normalized spacial score (nSPS) is 13.7. The van der Waals surface area contributed by atoms with Crippen LogP contribution in [0.4, 0.5) is 17.3 Å². The van der Waals surface area contributed by atoms with Crippen LogP contribution in [-0.2, 0) is 0 Å². The minimum atomic E-state index is -0.550. The van der Waals surface area contributed by atoms with Crippen LogP contribution in [0, 0.1) is 10.1 Å². The second kappa shape index (κ2) is 6.33. The van der Waals surface area contributed by atoms with E-state index in [1.165, 1.54) is 12.1 Å². The second-order valence-corrected chi connectivity index (χ2v) is 4.58. The molecule has 0 aliphatic heterocycles. The topological polar surface area (TPSA) is 100 Å². The maximum absolute atomic E-state index is 10.9. The fraction of sp³-hybridized carbons (Fsp3) is 0.583. The monoisotopic (exact) mass is 268 g/mol. The third kappa shape index (κ3) is 4.06. The lowest BCUT2D eigenvalue weighted by molar-refractivity contribution is -0.384. The molecule has 1 aromatic heterocycles. The van der Waals surface area contributed by atoms with Crippen LogP contribution in [0.15, 0.2) is 12.1 Å². The largest absolute Gasteiger partial charge is 0.394 e. The van der Waals surface area contributed by atoms with Gasteiger partial charge in [0.15, 0.2) is 0 Å². The van der Waals surface area contributed by atoms with Crippen molar-refractivity contribution in [3.8, 4) is 0 Å². The van der Waals surface area contributed by atoms with E-state index in [2.05, 4.69) is 15.6 Å². The predicted molar refractivity (Wildman–Crippen MR) is 74.5 cm³/mol. The number of aromatic nitrogens is 1. The van der Waals surface area contributed by atoms with Gasteiger partial charge in [0.05, 0.1) is 29.2 Å². The molecule has 3 N–H and O–H groups in total. The molecule has 0 spiro atoms. The molecule has 1 unspecified atom stereocenters. The molecule has 19 heavy (non-hydrogen) atoms. The second-order valence-electron chi connectivity index (χ2n) is 4.58. The Morgan fingerprint density at radius 2 is 2.05 bits per heavy atom. The fourth-order valence-electron chi connectivity index (χ4n) is 1.51. The molecule has 7 nitrogen and oxygen atoms in total. The molecular weight excluding hydrogens is 248 g/mol. The molecule has 0 saturated heterocycles. The van der Waals surface area contributed by atoms with Crippen LogP contribution in [0.5, 0.6) is 0 Å². The van der Waals surface area contributed by atoms with Gasteiger partial charge in [0, 0.05) is 6.54 Å². The van der Waals surface area contributed by atoms with Crippen molar-refractivity contribution in [3.05, 3.63) is 22.2 Å². The van der Waals surface area contributed by atoms with Crippen LogP contribution in [0.25, 0.3) is 0 Å². The highest BCUT2D eigenvalue weighted by atomic mass is 16.6. The maximum Gasteiger partial charge on any atom is 0.276 e. The van der Waals surface area contributed by atoms with Crippen molar-refractivity contribution in [1.82, 2.24) is 4.98 Å². The van der Waals surface area contributed by atoms with Crippen molar-refractivity contribution in [2.45, 2.75) is 32.7 Å². The minimum Gasteiger partial charge on any atom is -0.394 e. The number of nitrogens with one attached hydrogen (secondary N) is 2. The summed E-state index contributed by atoms with van der Waals surface area (Å²) in [5.74, 6) is 0.819. The molecule has 7 heteroatoms. The number of hydrogen-bond donors (Lipinski definition) is 3. The van der Waals surface area contributed by atoms with Gasteiger partial charge in [-0.3, -0.25) is 10.1 Å². The first-order chi connectivity index (χ1) is 8.94. The molecule has 0 radical (unpaired) electrons. The van der Waals surface area contributed by atoms with Crippen LogP contribution in [-0.4, -0.2) is 33.7 Å². The van der Waals surface area contributed by atoms with Crippen molar-refractivity contribution in [3.63, 3.8) is 0 Å². The highest BCUT2D eigenvalue weighted by Gasteiger charge is 2.22. The SMILES string of the molecule is CCNc1cc([N+](=O)[O-])cc(NC(C)(CC)CO)n1. The van der Waals surface area contributed by atoms with Crippen LogP contribution in [0.1, 0.15) is 27.2 Å². The minimum absolute atomic E-state index is 0.0372. The molecule has 0 saturated carbocycles. The van der Waals surface area contributed by atoms with E-state index in [-0.39, 0.29) is 12.3 Å². The molecule has 1 heterocycles. The number of aliphatic hydroxyl groups excluding tert-OH is 1. The van der Waals surface area contributed by atoms with Gasteiger partial charge in [-0.2, -0.15) is 0 Å². The van der Waals surface area contributed by atoms with Crippen LogP contribution in [0.2, 0.25) is 0 Å². The van der Waals surface area contributed by atoms with E-state index in [9.17, 15) is 15.2 Å². The van der Waals surface area contributed by atoms with E-state index >= 15 is 0 Å². The standard InChI is InChI=1S/C12H20N4O3/c1-4-12(3,8-17)15-11-7-9(16(18)19)6-10(14-11)13-5-2/h6-7,17H,4-5,8H2,1-3H3,(H2,13,14,15). The predicted octanol–water partition coefficient (Wildman–Crippen LogP) is 1.99. The Kier molecular flexibility index (Phi) is 5.05. The zero-order valence-corrected chi connectivity index (χ0v) is 11.4. The summed E-state index contributed by atoms with van der Waals surface area (Å²) in [4.78, 5) is 14.7. The average molecular weight is 268 g/mol. The summed E-state index contributed by atoms with van der Waals surface area (Å²) >= 11 is 0. The Balaban J connectivity index is 3.08. The Bertz CT molecular complexity index is 447. The molecule has 0 aromatic carbocycles. The lowest BCUT2D eigenvalue weighted by Gasteiger charge is -2.27. The number of anilines is 2. The summed E-state index contributed by atoms with van der Waals surface area (Å²) in [7, 11) is 0. The van der Waals surface area contributed by atoms with E-state index in [0.717, 1.165) is 0 Å². The van der Waals surface area contributed by atoms with E-state index in [1.54, 1.807) is 0 Å². The number of hydrogen-bond acceptors (Lipinski definition) is 6.